The molecule has 5 aromatic rings. The van der Waals surface area contributed by atoms with Crippen LogP contribution in [0.4, 0.5) is 16.0 Å². The van der Waals surface area contributed by atoms with Crippen molar-refractivity contribution in [2.75, 3.05) is 19.5 Å². The highest BCUT2D eigenvalue weighted by molar-refractivity contribution is 6.30. The average molecular weight is 590 g/mol. The second-order valence-electron chi connectivity index (χ2n) is 10.1. The molecule has 2 aromatic heterocycles. The first-order valence-corrected chi connectivity index (χ1v) is 13.4. The third-order valence-corrected chi connectivity index (χ3v) is 6.99. The molecule has 0 bridgehead atoms. The van der Waals surface area contributed by atoms with Gasteiger partial charge in [0.2, 0.25) is 5.95 Å². The fourth-order valence-corrected chi connectivity index (χ4v) is 4.59. The molecule has 0 saturated carbocycles. The Labute approximate surface area is 246 Å². The van der Waals surface area contributed by atoms with Gasteiger partial charge in [-0.1, -0.05) is 29.8 Å². The minimum absolute atomic E-state index is 0.00325. The molecule has 0 fully saturated rings. The number of carbonyl (C=O) groups is 1. The number of hydrogen-bond acceptors (Lipinski definition) is 7. The zero-order chi connectivity index (χ0) is 30.0. The molecule has 3 N–H and O–H groups in total. The van der Waals surface area contributed by atoms with Crippen LogP contribution in [0.3, 0.4) is 0 Å². The van der Waals surface area contributed by atoms with Crippen LogP contribution in [0.5, 0.6) is 11.5 Å². The van der Waals surface area contributed by atoms with E-state index in [4.69, 9.17) is 21.1 Å². The number of carbonyl (C=O) groups excluding carboxylic acids is 1. The van der Waals surface area contributed by atoms with Crippen molar-refractivity contribution in [3.63, 3.8) is 0 Å². The van der Waals surface area contributed by atoms with Crippen molar-refractivity contribution in [1.82, 2.24) is 19.9 Å². The molecule has 9 nitrogen and oxygen atoms in total. The third kappa shape index (κ3) is 6.14. The quantitative estimate of drug-likeness (QED) is 0.190. The maximum absolute atomic E-state index is 13.4. The summed E-state index contributed by atoms with van der Waals surface area (Å²) in [5, 5.41) is 20.9. The van der Waals surface area contributed by atoms with Crippen LogP contribution in [0.15, 0.2) is 72.9 Å². The highest BCUT2D eigenvalue weighted by Gasteiger charge is 2.19. The first-order chi connectivity index (χ1) is 20.0. The van der Waals surface area contributed by atoms with E-state index in [0.29, 0.717) is 45.5 Å². The molecule has 42 heavy (non-hydrogen) atoms. The minimum Gasteiger partial charge on any atom is -0.496 e. The van der Waals surface area contributed by atoms with E-state index in [-0.39, 0.29) is 17.5 Å². The Kier molecular flexibility index (Phi) is 8.02. The summed E-state index contributed by atoms with van der Waals surface area (Å²) in [5.41, 5.74) is 3.65. The van der Waals surface area contributed by atoms with Gasteiger partial charge in [-0.05, 0) is 79.1 Å². The molecule has 0 aliphatic rings. The molecule has 0 atom stereocenters. The Morgan fingerprint density at radius 1 is 1.00 bits per heavy atom. The molecular weight excluding hydrogens is 561 g/mol. The number of nitrogens with zero attached hydrogens (tertiary/aromatic N) is 3. The Bertz CT molecular complexity index is 1780. The van der Waals surface area contributed by atoms with Crippen molar-refractivity contribution in [1.29, 1.82) is 0 Å². The van der Waals surface area contributed by atoms with Crippen LogP contribution in [-0.4, -0.2) is 39.8 Å². The second-order valence-corrected chi connectivity index (χ2v) is 10.5. The van der Waals surface area contributed by atoms with Crippen molar-refractivity contribution in [3.05, 3.63) is 100 Å². The normalized spacial score (nSPS) is 11.4. The van der Waals surface area contributed by atoms with Crippen LogP contribution in [0.1, 0.15) is 35.3 Å². The Morgan fingerprint density at radius 2 is 1.76 bits per heavy atom. The molecule has 2 heterocycles. The molecule has 0 saturated heterocycles. The SMILES string of the molecule is COc1cc(C(C)(C)O)ccc1Nc1nc2ccc(-c3ccc(C(=O)NCc4ccc(F)c(Cl)c4)c(OC)c3)cn2n1. The summed E-state index contributed by atoms with van der Waals surface area (Å²) < 4.78 is 26.1. The van der Waals surface area contributed by atoms with Crippen LogP contribution in [0, 0.1) is 5.82 Å². The largest absolute Gasteiger partial charge is 0.496 e. The molecule has 5 rings (SSSR count). The second kappa shape index (κ2) is 11.7. The van der Waals surface area contributed by atoms with Gasteiger partial charge in [0, 0.05) is 18.3 Å². The van der Waals surface area contributed by atoms with Crippen LogP contribution in [0.25, 0.3) is 16.8 Å². The number of ether oxygens (including phenoxy) is 2. The van der Waals surface area contributed by atoms with E-state index in [1.807, 2.05) is 36.5 Å². The number of nitrogens with one attached hydrogen (secondary N) is 2. The fourth-order valence-electron chi connectivity index (χ4n) is 4.39. The number of methoxy groups -OCH3 is 2. The maximum Gasteiger partial charge on any atom is 0.255 e. The zero-order valence-corrected chi connectivity index (χ0v) is 24.2. The molecule has 0 spiro atoms. The lowest BCUT2D eigenvalue weighted by Gasteiger charge is -2.19. The van der Waals surface area contributed by atoms with E-state index in [2.05, 4.69) is 20.7 Å². The summed E-state index contributed by atoms with van der Waals surface area (Å²) in [6.07, 6.45) is 1.83. The molecular formula is C31H29ClFN5O4. The number of aliphatic hydroxyl groups is 1. The van der Waals surface area contributed by atoms with Gasteiger partial charge in [-0.3, -0.25) is 4.79 Å². The number of aromatic nitrogens is 3. The summed E-state index contributed by atoms with van der Waals surface area (Å²) in [6.45, 7) is 3.60. The van der Waals surface area contributed by atoms with Gasteiger partial charge in [-0.2, -0.15) is 4.98 Å². The number of rotatable bonds is 9. The maximum atomic E-state index is 13.4. The van der Waals surface area contributed by atoms with Gasteiger partial charge in [0.1, 0.15) is 17.3 Å². The van der Waals surface area contributed by atoms with E-state index in [0.717, 1.165) is 11.1 Å². The van der Waals surface area contributed by atoms with E-state index >= 15 is 0 Å². The number of halogens is 2. The van der Waals surface area contributed by atoms with E-state index in [9.17, 15) is 14.3 Å². The summed E-state index contributed by atoms with van der Waals surface area (Å²) in [4.78, 5) is 17.4. The molecule has 0 radical (unpaired) electrons. The lowest BCUT2D eigenvalue weighted by molar-refractivity contribution is 0.0783. The van der Waals surface area contributed by atoms with E-state index in [1.54, 1.807) is 49.7 Å². The van der Waals surface area contributed by atoms with Crippen LogP contribution >= 0.6 is 11.6 Å². The summed E-state index contributed by atoms with van der Waals surface area (Å²) in [7, 11) is 3.05. The van der Waals surface area contributed by atoms with Crippen molar-refractivity contribution in [2.45, 2.75) is 26.0 Å². The fraction of sp³-hybridized carbons (Fsp3) is 0.194. The standard InChI is InChI=1S/C31H29ClFN5O4/c1-31(2,40)21-8-11-25(27(15-21)42-4)35-30-36-28-12-7-20(17-38(28)37-30)19-6-9-22(26(14-19)41-3)29(39)34-16-18-5-10-24(33)23(32)13-18/h5-15,17,40H,16H2,1-4H3,(H,34,39)(H,35,37). The smallest absolute Gasteiger partial charge is 0.255 e. The Morgan fingerprint density at radius 3 is 2.48 bits per heavy atom. The molecule has 3 aromatic carbocycles. The van der Waals surface area contributed by atoms with Crippen molar-refractivity contribution in [2.24, 2.45) is 0 Å². The first-order valence-electron chi connectivity index (χ1n) is 13.0. The van der Waals surface area contributed by atoms with E-state index in [1.165, 1.54) is 19.2 Å². The van der Waals surface area contributed by atoms with Gasteiger partial charge in [-0.15, -0.1) is 5.10 Å². The van der Waals surface area contributed by atoms with Crippen molar-refractivity contribution in [3.8, 4) is 22.6 Å². The van der Waals surface area contributed by atoms with Gasteiger partial charge in [0.05, 0.1) is 36.1 Å². The van der Waals surface area contributed by atoms with Crippen LogP contribution < -0.4 is 20.1 Å². The molecule has 0 unspecified atom stereocenters. The number of benzene rings is 3. The average Bonchev–Trinajstić information content (AvgIpc) is 3.38. The zero-order valence-electron chi connectivity index (χ0n) is 23.4. The highest BCUT2D eigenvalue weighted by atomic mass is 35.5. The number of fused-ring (bicyclic) bond motifs is 1. The molecule has 11 heteroatoms. The Balaban J connectivity index is 1.34. The van der Waals surface area contributed by atoms with Gasteiger partial charge in [0.15, 0.2) is 5.65 Å². The van der Waals surface area contributed by atoms with Crippen molar-refractivity contribution >= 4 is 34.8 Å². The molecule has 0 aliphatic carbocycles. The lowest BCUT2D eigenvalue weighted by atomic mass is 9.98. The Hall–Kier alpha value is -4.67. The van der Waals surface area contributed by atoms with Crippen LogP contribution in [-0.2, 0) is 12.1 Å². The lowest BCUT2D eigenvalue weighted by Crippen LogP contribution is -2.23. The summed E-state index contributed by atoms with van der Waals surface area (Å²) in [5.74, 6) is 0.455. The van der Waals surface area contributed by atoms with Gasteiger partial charge in [-0.25, -0.2) is 8.91 Å². The van der Waals surface area contributed by atoms with Gasteiger partial charge >= 0.3 is 0 Å². The predicted molar refractivity (Wildman–Crippen MR) is 159 cm³/mol. The number of amides is 1. The number of pyridine rings is 1. The van der Waals surface area contributed by atoms with Gasteiger partial charge < -0.3 is 25.2 Å². The number of hydrogen-bond donors (Lipinski definition) is 3. The minimum atomic E-state index is -1.01. The highest BCUT2D eigenvalue weighted by Crippen LogP contribution is 2.32. The molecule has 0 aliphatic heterocycles. The monoisotopic (exact) mass is 589 g/mol. The topological polar surface area (TPSA) is 110 Å². The predicted octanol–water partition coefficient (Wildman–Crippen LogP) is 6.11. The van der Waals surface area contributed by atoms with Gasteiger partial charge in [0.25, 0.3) is 5.91 Å². The number of anilines is 2. The summed E-state index contributed by atoms with van der Waals surface area (Å²) >= 11 is 5.84. The van der Waals surface area contributed by atoms with E-state index < -0.39 is 11.4 Å². The molecule has 1 amide bonds. The van der Waals surface area contributed by atoms with Crippen molar-refractivity contribution < 1.29 is 23.8 Å². The molecule has 216 valence electrons. The third-order valence-electron chi connectivity index (χ3n) is 6.70. The summed E-state index contributed by atoms with van der Waals surface area (Å²) in [6, 6.07) is 18.7. The van der Waals surface area contributed by atoms with Crippen LogP contribution in [0.2, 0.25) is 5.02 Å². The first kappa shape index (κ1) is 28.8.